The zero-order valence-corrected chi connectivity index (χ0v) is 22.9. The Labute approximate surface area is 229 Å². The summed E-state index contributed by atoms with van der Waals surface area (Å²) in [5.74, 6) is -4.06. The molecule has 2 aromatic rings. The van der Waals surface area contributed by atoms with Gasteiger partial charge in [0.1, 0.15) is 5.92 Å². The van der Waals surface area contributed by atoms with Crippen LogP contribution in [0.4, 0.5) is 5.69 Å². The van der Waals surface area contributed by atoms with Crippen molar-refractivity contribution in [1.29, 1.82) is 5.26 Å². The molecule has 1 aliphatic rings. The van der Waals surface area contributed by atoms with E-state index in [0.717, 1.165) is 30.0 Å². The van der Waals surface area contributed by atoms with Crippen molar-refractivity contribution in [2.75, 3.05) is 24.8 Å². The maximum absolute atomic E-state index is 13.0. The van der Waals surface area contributed by atoms with Gasteiger partial charge in [-0.05, 0) is 61.7 Å². The van der Waals surface area contributed by atoms with Gasteiger partial charge in [-0.2, -0.15) is 5.26 Å². The van der Waals surface area contributed by atoms with Gasteiger partial charge in [0.15, 0.2) is 5.75 Å². The Balaban J connectivity index is 1.96. The molecule has 37 heavy (non-hydrogen) atoms. The number of benzene rings is 2. The lowest BCUT2D eigenvalue weighted by Crippen LogP contribution is -2.44. The Hall–Kier alpha value is -3.19. The van der Waals surface area contributed by atoms with Crippen molar-refractivity contribution in [3.8, 4) is 11.8 Å². The molecule has 2 amide bonds. The number of thioether (sulfide) groups is 1. The number of hydrogen-bond donors (Lipinski definition) is 2. The number of nitriles is 1. The second-order valence-corrected chi connectivity index (χ2v) is 10.0. The number of rotatable bonds is 8. The van der Waals surface area contributed by atoms with Gasteiger partial charge in [0.25, 0.3) is 0 Å². The third kappa shape index (κ3) is 6.39. The maximum Gasteiger partial charge on any atom is 0.319 e. The van der Waals surface area contributed by atoms with E-state index in [0.29, 0.717) is 17.9 Å². The summed E-state index contributed by atoms with van der Waals surface area (Å²) in [4.78, 5) is 38.3. The van der Waals surface area contributed by atoms with Crippen LogP contribution in [0.25, 0.3) is 0 Å². The van der Waals surface area contributed by atoms with E-state index in [2.05, 4.69) is 16.7 Å². The average Bonchev–Trinajstić information content (AvgIpc) is 2.86. The van der Waals surface area contributed by atoms with Gasteiger partial charge in [0, 0.05) is 11.6 Å². The SMILES string of the molecule is CCOc1c(Cl)cc([C@@H]2C(C#N)=C(SCC(=O)Nc3ccc(C)c(C)c3)NC(=O)[C@H]2C(=O)OC)cc1Cl. The second-order valence-electron chi connectivity index (χ2n) is 8.20. The van der Waals surface area contributed by atoms with Crippen molar-refractivity contribution >= 4 is 58.4 Å². The summed E-state index contributed by atoms with van der Waals surface area (Å²) in [5.41, 5.74) is 3.21. The number of allylic oxidation sites excluding steroid dienone is 1. The van der Waals surface area contributed by atoms with Gasteiger partial charge in [0.2, 0.25) is 11.8 Å². The number of hydrogen-bond acceptors (Lipinski definition) is 7. The summed E-state index contributed by atoms with van der Waals surface area (Å²) in [6.07, 6.45) is 0. The summed E-state index contributed by atoms with van der Waals surface area (Å²) in [6.45, 7) is 6.01. The van der Waals surface area contributed by atoms with Gasteiger partial charge in [-0.25, -0.2) is 0 Å². The van der Waals surface area contributed by atoms with E-state index in [1.807, 2.05) is 26.0 Å². The minimum Gasteiger partial charge on any atom is -0.491 e. The highest BCUT2D eigenvalue weighted by molar-refractivity contribution is 8.03. The van der Waals surface area contributed by atoms with Crippen molar-refractivity contribution in [2.45, 2.75) is 26.7 Å². The van der Waals surface area contributed by atoms with E-state index >= 15 is 0 Å². The fourth-order valence-electron chi connectivity index (χ4n) is 3.87. The molecule has 0 aromatic heterocycles. The highest BCUT2D eigenvalue weighted by Gasteiger charge is 2.44. The normalized spacial score (nSPS) is 17.1. The van der Waals surface area contributed by atoms with Gasteiger partial charge in [-0.15, -0.1) is 0 Å². The molecule has 0 aliphatic carbocycles. The van der Waals surface area contributed by atoms with Gasteiger partial charge in [-0.3, -0.25) is 14.4 Å². The number of methoxy groups -OCH3 is 1. The van der Waals surface area contributed by atoms with Crippen LogP contribution in [0, 0.1) is 31.1 Å². The summed E-state index contributed by atoms with van der Waals surface area (Å²) >= 11 is 13.7. The number of aryl methyl sites for hydroxylation is 2. The minimum atomic E-state index is -1.36. The molecule has 3 rings (SSSR count). The molecule has 0 spiro atoms. The third-order valence-electron chi connectivity index (χ3n) is 5.79. The van der Waals surface area contributed by atoms with E-state index in [-0.39, 0.29) is 38.1 Å². The number of carbonyl (C=O) groups is 3. The van der Waals surface area contributed by atoms with Crippen LogP contribution in [0.15, 0.2) is 40.9 Å². The fourth-order valence-corrected chi connectivity index (χ4v) is 5.34. The number of nitrogens with one attached hydrogen (secondary N) is 2. The molecular formula is C26H25Cl2N3O5S. The minimum absolute atomic E-state index is 0.0790. The summed E-state index contributed by atoms with van der Waals surface area (Å²) in [7, 11) is 1.15. The van der Waals surface area contributed by atoms with Crippen LogP contribution in [0.1, 0.15) is 29.5 Å². The number of ether oxygens (including phenoxy) is 2. The zero-order valence-electron chi connectivity index (χ0n) is 20.6. The molecule has 8 nitrogen and oxygen atoms in total. The zero-order chi connectivity index (χ0) is 27.3. The van der Waals surface area contributed by atoms with E-state index in [4.69, 9.17) is 32.7 Å². The lowest BCUT2D eigenvalue weighted by Gasteiger charge is -2.31. The lowest BCUT2D eigenvalue weighted by atomic mass is 9.78. The predicted molar refractivity (Wildman–Crippen MR) is 144 cm³/mol. The van der Waals surface area contributed by atoms with Crippen LogP contribution >= 0.6 is 35.0 Å². The fraction of sp³-hybridized carbons (Fsp3) is 0.308. The maximum atomic E-state index is 13.0. The first-order chi connectivity index (χ1) is 17.6. The standard InChI is InChI=1S/C26H25Cl2N3O5S/c1-5-36-23-18(27)9-15(10-19(23)28)21-17(11-29)25(31-24(33)22(21)26(34)35-4)37-12-20(32)30-16-7-6-13(2)14(3)8-16/h6-10,21-22H,5,12H2,1-4H3,(H,30,32)(H,31,33)/t21-,22+/m1/s1. The molecule has 0 bridgehead atoms. The van der Waals surface area contributed by atoms with Gasteiger partial charge in [0.05, 0.1) is 46.2 Å². The van der Waals surface area contributed by atoms with E-state index in [1.54, 1.807) is 13.0 Å². The topological polar surface area (TPSA) is 118 Å². The smallest absolute Gasteiger partial charge is 0.319 e. The Bertz CT molecular complexity index is 1300. The number of amides is 2. The Morgan fingerprint density at radius 2 is 1.84 bits per heavy atom. The van der Waals surface area contributed by atoms with Crippen LogP contribution in [0.5, 0.6) is 5.75 Å². The van der Waals surface area contributed by atoms with E-state index < -0.39 is 23.7 Å². The van der Waals surface area contributed by atoms with Crippen molar-refractivity contribution in [1.82, 2.24) is 5.32 Å². The molecule has 0 fully saturated rings. The first-order valence-corrected chi connectivity index (χ1v) is 13.0. The van der Waals surface area contributed by atoms with Gasteiger partial charge >= 0.3 is 5.97 Å². The van der Waals surface area contributed by atoms with Crippen LogP contribution < -0.4 is 15.4 Å². The van der Waals surface area contributed by atoms with E-state index in [1.165, 1.54) is 12.1 Å². The molecule has 1 heterocycles. The third-order valence-corrected chi connectivity index (χ3v) is 7.37. The molecule has 0 unspecified atom stereocenters. The molecule has 2 N–H and O–H groups in total. The first-order valence-electron chi connectivity index (χ1n) is 11.3. The molecule has 11 heteroatoms. The molecule has 0 saturated heterocycles. The quantitative estimate of drug-likeness (QED) is 0.339. The Kier molecular flexibility index (Phi) is 9.49. The van der Waals surface area contributed by atoms with Crippen molar-refractivity contribution in [3.05, 3.63) is 67.7 Å². The number of halogens is 2. The molecule has 0 radical (unpaired) electrons. The number of nitrogens with zero attached hydrogens (tertiary/aromatic N) is 1. The predicted octanol–water partition coefficient (Wildman–Crippen LogP) is 5.12. The second kappa shape index (κ2) is 12.4. The number of anilines is 1. The van der Waals surface area contributed by atoms with Crippen LogP contribution in [-0.2, 0) is 19.1 Å². The van der Waals surface area contributed by atoms with Crippen molar-refractivity contribution < 1.29 is 23.9 Å². The molecule has 1 aliphatic heterocycles. The highest BCUT2D eigenvalue weighted by atomic mass is 35.5. The van der Waals surface area contributed by atoms with Crippen LogP contribution in [0.3, 0.4) is 0 Å². The largest absolute Gasteiger partial charge is 0.491 e. The monoisotopic (exact) mass is 561 g/mol. The summed E-state index contributed by atoms with van der Waals surface area (Å²) in [6, 6.07) is 10.6. The summed E-state index contributed by atoms with van der Waals surface area (Å²) < 4.78 is 10.3. The summed E-state index contributed by atoms with van der Waals surface area (Å²) in [5, 5.41) is 16.0. The van der Waals surface area contributed by atoms with Gasteiger partial charge < -0.3 is 20.1 Å². The van der Waals surface area contributed by atoms with Crippen molar-refractivity contribution in [3.63, 3.8) is 0 Å². The molecule has 2 atom stereocenters. The Morgan fingerprint density at radius 3 is 2.41 bits per heavy atom. The molecule has 2 aromatic carbocycles. The first kappa shape index (κ1) is 28.4. The van der Waals surface area contributed by atoms with Crippen molar-refractivity contribution in [2.24, 2.45) is 5.92 Å². The van der Waals surface area contributed by atoms with Gasteiger partial charge in [-0.1, -0.05) is 41.0 Å². The molecule has 0 saturated carbocycles. The van der Waals surface area contributed by atoms with Crippen LogP contribution in [0.2, 0.25) is 10.0 Å². The van der Waals surface area contributed by atoms with Crippen LogP contribution in [-0.4, -0.2) is 37.3 Å². The molecular weight excluding hydrogens is 537 g/mol. The van der Waals surface area contributed by atoms with E-state index in [9.17, 15) is 19.6 Å². The number of carbonyl (C=O) groups excluding carboxylic acids is 3. The highest BCUT2D eigenvalue weighted by Crippen LogP contribution is 2.44. The number of esters is 1. The Morgan fingerprint density at radius 1 is 1.16 bits per heavy atom. The average molecular weight is 562 g/mol. The molecule has 194 valence electrons. The lowest BCUT2D eigenvalue weighted by molar-refractivity contribution is -0.150.